The Labute approximate surface area is 135 Å². The third-order valence-electron chi connectivity index (χ3n) is 3.60. The van der Waals surface area contributed by atoms with Gasteiger partial charge in [-0.15, -0.1) is 0 Å². The number of halogens is 1. The van der Waals surface area contributed by atoms with Crippen molar-refractivity contribution in [3.05, 3.63) is 69.7 Å². The van der Waals surface area contributed by atoms with E-state index in [1.807, 2.05) is 42.5 Å². The van der Waals surface area contributed by atoms with Crippen LogP contribution < -0.4 is 10.9 Å². The lowest BCUT2D eigenvalue weighted by atomic mass is 10.2. The van der Waals surface area contributed by atoms with Gasteiger partial charge in [0.25, 0.3) is 5.56 Å². The smallest absolute Gasteiger partial charge is 0.294 e. The number of hydrogen-bond acceptors (Lipinski definition) is 4. The lowest BCUT2D eigenvalue weighted by Crippen LogP contribution is -2.13. The van der Waals surface area contributed by atoms with Crippen molar-refractivity contribution < 1.29 is 4.42 Å². The fourth-order valence-electron chi connectivity index (χ4n) is 2.51. The van der Waals surface area contributed by atoms with Gasteiger partial charge in [-0.05, 0) is 24.3 Å². The van der Waals surface area contributed by atoms with Crippen LogP contribution in [-0.2, 0) is 6.54 Å². The summed E-state index contributed by atoms with van der Waals surface area (Å²) in [6.45, 7) is 0.356. The highest BCUT2D eigenvalue weighted by Crippen LogP contribution is 2.25. The van der Waals surface area contributed by atoms with Gasteiger partial charge in [0.05, 0.1) is 17.3 Å². The molecule has 0 saturated heterocycles. The Morgan fingerprint density at radius 3 is 2.78 bits per heavy atom. The summed E-state index contributed by atoms with van der Waals surface area (Å²) in [6.07, 6.45) is 0. The molecule has 0 saturated carbocycles. The summed E-state index contributed by atoms with van der Waals surface area (Å²) in [5, 5.41) is 4.61. The Bertz CT molecular complexity index is 1070. The Hall–Kier alpha value is -2.79. The molecule has 2 heterocycles. The van der Waals surface area contributed by atoms with Crippen molar-refractivity contribution in [1.82, 2.24) is 9.97 Å². The molecule has 2 aromatic carbocycles. The molecule has 0 spiro atoms. The van der Waals surface area contributed by atoms with E-state index in [4.69, 9.17) is 16.0 Å². The first kappa shape index (κ1) is 13.8. The Balaban J connectivity index is 1.75. The largest absolute Gasteiger partial charge is 0.449 e. The van der Waals surface area contributed by atoms with Crippen molar-refractivity contribution in [3.63, 3.8) is 0 Å². The van der Waals surface area contributed by atoms with Crippen LogP contribution in [-0.4, -0.2) is 9.97 Å². The molecule has 0 unspecified atom stereocenters. The first-order valence-corrected chi connectivity index (χ1v) is 7.49. The minimum atomic E-state index is -0.290. The third kappa shape index (κ3) is 2.45. The molecular weight excluding hydrogens is 314 g/mol. The molecule has 0 aliphatic carbocycles. The molecule has 0 atom stereocenters. The minimum absolute atomic E-state index is 0.243. The van der Waals surface area contributed by atoms with Crippen LogP contribution in [0.1, 0.15) is 5.82 Å². The van der Waals surface area contributed by atoms with Crippen molar-refractivity contribution in [2.45, 2.75) is 6.54 Å². The van der Waals surface area contributed by atoms with E-state index in [9.17, 15) is 4.79 Å². The second-order valence-corrected chi connectivity index (χ2v) is 5.53. The van der Waals surface area contributed by atoms with Crippen molar-refractivity contribution in [1.29, 1.82) is 0 Å². The second-order valence-electron chi connectivity index (χ2n) is 5.12. The van der Waals surface area contributed by atoms with Crippen LogP contribution in [0.3, 0.4) is 0 Å². The van der Waals surface area contributed by atoms with Crippen molar-refractivity contribution in [2.75, 3.05) is 5.32 Å². The molecule has 0 radical (unpaired) electrons. The van der Waals surface area contributed by atoms with Gasteiger partial charge in [-0.1, -0.05) is 35.9 Å². The summed E-state index contributed by atoms with van der Waals surface area (Å²) in [6, 6.07) is 14.9. The first-order chi connectivity index (χ1) is 11.2. The van der Waals surface area contributed by atoms with E-state index >= 15 is 0 Å². The maximum atomic E-state index is 12.2. The zero-order chi connectivity index (χ0) is 15.8. The van der Waals surface area contributed by atoms with E-state index < -0.39 is 0 Å². The summed E-state index contributed by atoms with van der Waals surface area (Å²) < 4.78 is 5.57. The topological polar surface area (TPSA) is 70.9 Å². The second kappa shape index (κ2) is 5.44. The molecule has 0 aliphatic heterocycles. The lowest BCUT2D eigenvalue weighted by Gasteiger charge is -2.07. The van der Waals surface area contributed by atoms with Crippen LogP contribution >= 0.6 is 11.6 Å². The van der Waals surface area contributed by atoms with E-state index in [-0.39, 0.29) is 11.1 Å². The molecule has 0 aliphatic rings. The molecule has 5 nitrogen and oxygen atoms in total. The summed E-state index contributed by atoms with van der Waals surface area (Å²) in [7, 11) is 0. The van der Waals surface area contributed by atoms with Gasteiger partial charge in [-0.3, -0.25) is 4.79 Å². The predicted octanol–water partition coefficient (Wildman–Crippen LogP) is 3.93. The number of hydrogen-bond donors (Lipinski definition) is 2. The third-order valence-corrected chi connectivity index (χ3v) is 3.93. The SMILES string of the molecule is O=c1[nH]c(CNc2ccccc2Cl)nc2c1oc1ccccc12. The highest BCUT2D eigenvalue weighted by Gasteiger charge is 2.12. The van der Waals surface area contributed by atoms with Gasteiger partial charge in [0.1, 0.15) is 16.9 Å². The highest BCUT2D eigenvalue weighted by atomic mass is 35.5. The van der Waals surface area contributed by atoms with Gasteiger partial charge >= 0.3 is 0 Å². The molecule has 23 heavy (non-hydrogen) atoms. The average molecular weight is 326 g/mol. The number of para-hydroxylation sites is 2. The number of anilines is 1. The summed E-state index contributed by atoms with van der Waals surface area (Å²) in [5.41, 5.74) is 1.96. The lowest BCUT2D eigenvalue weighted by molar-refractivity contribution is 0.659. The van der Waals surface area contributed by atoms with Gasteiger partial charge < -0.3 is 14.7 Å². The van der Waals surface area contributed by atoms with E-state index in [0.717, 1.165) is 11.1 Å². The number of rotatable bonds is 3. The van der Waals surface area contributed by atoms with E-state index in [2.05, 4.69) is 15.3 Å². The standard InChI is InChI=1S/C17H12ClN3O2/c18-11-6-2-3-7-12(11)19-9-14-20-15-10-5-1-4-8-13(10)23-16(15)17(22)21-14/h1-8,19H,9H2,(H,20,21,22). The Morgan fingerprint density at radius 1 is 1.13 bits per heavy atom. The quantitative estimate of drug-likeness (QED) is 0.598. The number of aromatic amines is 1. The predicted molar refractivity (Wildman–Crippen MR) is 90.9 cm³/mol. The zero-order valence-electron chi connectivity index (χ0n) is 12.0. The van der Waals surface area contributed by atoms with Crippen molar-refractivity contribution in [2.24, 2.45) is 0 Å². The van der Waals surface area contributed by atoms with Gasteiger partial charge in [0.2, 0.25) is 5.58 Å². The number of nitrogens with zero attached hydrogens (tertiary/aromatic N) is 1. The number of aromatic nitrogens is 2. The molecule has 0 bridgehead atoms. The van der Waals surface area contributed by atoms with Crippen LogP contribution in [0.5, 0.6) is 0 Å². The molecule has 4 aromatic rings. The van der Waals surface area contributed by atoms with Crippen LogP contribution in [0, 0.1) is 0 Å². The fourth-order valence-corrected chi connectivity index (χ4v) is 2.72. The summed E-state index contributed by atoms with van der Waals surface area (Å²) in [4.78, 5) is 19.5. The van der Waals surface area contributed by atoms with Gasteiger partial charge in [0.15, 0.2) is 0 Å². The monoisotopic (exact) mass is 325 g/mol. The molecule has 2 aromatic heterocycles. The van der Waals surface area contributed by atoms with Crippen molar-refractivity contribution >= 4 is 39.4 Å². The molecule has 2 N–H and O–H groups in total. The van der Waals surface area contributed by atoms with E-state index in [0.29, 0.717) is 28.5 Å². The highest BCUT2D eigenvalue weighted by molar-refractivity contribution is 6.33. The number of benzene rings is 2. The first-order valence-electron chi connectivity index (χ1n) is 7.11. The normalized spacial score (nSPS) is 11.2. The van der Waals surface area contributed by atoms with Gasteiger partial charge in [0, 0.05) is 5.39 Å². The molecule has 114 valence electrons. The molecule has 6 heteroatoms. The fraction of sp³-hybridized carbons (Fsp3) is 0.0588. The Morgan fingerprint density at radius 2 is 1.91 bits per heavy atom. The van der Waals surface area contributed by atoms with Crippen LogP contribution in [0.25, 0.3) is 22.1 Å². The maximum Gasteiger partial charge on any atom is 0.294 e. The summed E-state index contributed by atoms with van der Waals surface area (Å²) >= 11 is 6.11. The van der Waals surface area contributed by atoms with Gasteiger partial charge in [-0.2, -0.15) is 0 Å². The number of furan rings is 1. The van der Waals surface area contributed by atoms with Crippen LogP contribution in [0.2, 0.25) is 5.02 Å². The van der Waals surface area contributed by atoms with Crippen molar-refractivity contribution in [3.8, 4) is 0 Å². The Kier molecular flexibility index (Phi) is 3.28. The molecular formula is C17H12ClN3O2. The number of fused-ring (bicyclic) bond motifs is 3. The summed E-state index contributed by atoms with van der Waals surface area (Å²) in [5.74, 6) is 0.522. The molecule has 0 amide bonds. The molecule has 0 fully saturated rings. The zero-order valence-corrected chi connectivity index (χ0v) is 12.7. The number of H-pyrrole nitrogens is 1. The minimum Gasteiger partial charge on any atom is -0.449 e. The van der Waals surface area contributed by atoms with E-state index in [1.165, 1.54) is 0 Å². The van der Waals surface area contributed by atoms with E-state index in [1.54, 1.807) is 6.07 Å². The van der Waals surface area contributed by atoms with Crippen LogP contribution in [0.15, 0.2) is 57.7 Å². The van der Waals surface area contributed by atoms with Gasteiger partial charge in [-0.25, -0.2) is 4.98 Å². The molecule has 4 rings (SSSR count). The number of nitrogens with one attached hydrogen (secondary N) is 2. The maximum absolute atomic E-state index is 12.2. The van der Waals surface area contributed by atoms with Crippen LogP contribution in [0.4, 0.5) is 5.69 Å². The average Bonchev–Trinajstić information content (AvgIpc) is 2.94.